The molecule has 2 amide bonds. The molecule has 1 aromatic carbocycles. The highest BCUT2D eigenvalue weighted by Gasteiger charge is 2.21. The highest BCUT2D eigenvalue weighted by molar-refractivity contribution is 7.92. The predicted octanol–water partition coefficient (Wildman–Crippen LogP) is 3.20. The summed E-state index contributed by atoms with van der Waals surface area (Å²) in [5, 5.41) is 4.79. The molecule has 1 aromatic heterocycles. The van der Waals surface area contributed by atoms with Crippen molar-refractivity contribution in [2.75, 3.05) is 22.3 Å². The van der Waals surface area contributed by atoms with E-state index in [0.29, 0.717) is 30.9 Å². The first-order valence-electron chi connectivity index (χ1n) is 9.59. The van der Waals surface area contributed by atoms with Gasteiger partial charge in [0.15, 0.2) is 0 Å². The molecule has 0 saturated carbocycles. The van der Waals surface area contributed by atoms with E-state index < -0.39 is 10.0 Å². The molecule has 0 aliphatic carbocycles. The number of anilines is 2. The van der Waals surface area contributed by atoms with Crippen LogP contribution in [0.4, 0.5) is 11.4 Å². The maximum absolute atomic E-state index is 12.4. The number of nitrogens with zero attached hydrogens (tertiary/aromatic N) is 1. The van der Waals surface area contributed by atoms with Crippen LogP contribution in [0.3, 0.4) is 0 Å². The van der Waals surface area contributed by atoms with Gasteiger partial charge in [-0.1, -0.05) is 6.92 Å². The Labute approximate surface area is 175 Å². The molecule has 9 heteroatoms. The van der Waals surface area contributed by atoms with Crippen LogP contribution in [0.15, 0.2) is 35.7 Å². The van der Waals surface area contributed by atoms with Gasteiger partial charge in [0.2, 0.25) is 21.8 Å². The second-order valence-electron chi connectivity index (χ2n) is 6.98. The number of rotatable bonds is 8. The second-order valence-corrected chi connectivity index (χ2v) is 9.82. The Bertz CT molecular complexity index is 968. The zero-order valence-corrected chi connectivity index (χ0v) is 17.9. The van der Waals surface area contributed by atoms with Crippen molar-refractivity contribution in [1.29, 1.82) is 0 Å². The van der Waals surface area contributed by atoms with E-state index in [1.54, 1.807) is 47.4 Å². The molecule has 2 heterocycles. The number of hydrogen-bond donors (Lipinski definition) is 2. The molecular weight excluding hydrogens is 410 g/mol. The van der Waals surface area contributed by atoms with Gasteiger partial charge in [-0.25, -0.2) is 8.42 Å². The Morgan fingerprint density at radius 2 is 1.83 bits per heavy atom. The van der Waals surface area contributed by atoms with Crippen LogP contribution in [0.5, 0.6) is 0 Å². The summed E-state index contributed by atoms with van der Waals surface area (Å²) in [5.74, 6) is -0.201. The van der Waals surface area contributed by atoms with Crippen LogP contribution >= 0.6 is 11.3 Å². The van der Waals surface area contributed by atoms with Crippen molar-refractivity contribution in [3.8, 4) is 0 Å². The summed E-state index contributed by atoms with van der Waals surface area (Å²) in [5.41, 5.74) is 2.21. The molecule has 7 nitrogen and oxygen atoms in total. The van der Waals surface area contributed by atoms with Crippen molar-refractivity contribution in [2.24, 2.45) is 0 Å². The van der Waals surface area contributed by atoms with Gasteiger partial charge in [0, 0.05) is 42.2 Å². The third-order valence-corrected chi connectivity index (χ3v) is 7.16. The van der Waals surface area contributed by atoms with Crippen molar-refractivity contribution >= 4 is 44.5 Å². The van der Waals surface area contributed by atoms with Gasteiger partial charge in [-0.2, -0.15) is 0 Å². The van der Waals surface area contributed by atoms with Crippen molar-refractivity contribution in [2.45, 2.75) is 39.2 Å². The Morgan fingerprint density at radius 3 is 2.55 bits per heavy atom. The first kappa shape index (κ1) is 21.3. The van der Waals surface area contributed by atoms with Crippen molar-refractivity contribution in [3.05, 3.63) is 46.2 Å². The van der Waals surface area contributed by atoms with Crippen LogP contribution in [0.25, 0.3) is 0 Å². The lowest BCUT2D eigenvalue weighted by Gasteiger charge is -2.27. The normalized spacial score (nSPS) is 13.6. The first-order valence-corrected chi connectivity index (χ1v) is 12.1. The number of carbonyl (C=O) groups is 2. The number of fused-ring (bicyclic) bond motifs is 1. The Morgan fingerprint density at radius 1 is 1.10 bits per heavy atom. The third-order valence-electron chi connectivity index (χ3n) is 4.64. The van der Waals surface area contributed by atoms with Gasteiger partial charge in [-0.3, -0.25) is 14.3 Å². The molecule has 0 atom stereocenters. The first-order chi connectivity index (χ1) is 13.9. The molecule has 0 radical (unpaired) electrons. The number of sulfonamides is 1. The largest absolute Gasteiger partial charge is 0.338 e. The molecule has 0 spiro atoms. The molecule has 1 aliphatic heterocycles. The zero-order valence-electron chi connectivity index (χ0n) is 16.3. The minimum atomic E-state index is -3.34. The molecule has 0 saturated heterocycles. The molecule has 0 unspecified atom stereocenters. The summed E-state index contributed by atoms with van der Waals surface area (Å²) in [6.45, 7) is 3.12. The highest BCUT2D eigenvalue weighted by Crippen LogP contribution is 2.24. The smallest absolute Gasteiger partial charge is 0.232 e. The van der Waals surface area contributed by atoms with E-state index in [2.05, 4.69) is 16.1 Å². The van der Waals surface area contributed by atoms with Crippen molar-refractivity contribution in [1.82, 2.24) is 4.90 Å². The molecule has 2 N–H and O–H groups in total. The number of thiophene rings is 1. The minimum Gasteiger partial charge on any atom is -0.338 e. The molecule has 156 valence electrons. The monoisotopic (exact) mass is 435 g/mol. The molecule has 2 aromatic rings. The van der Waals surface area contributed by atoms with Gasteiger partial charge >= 0.3 is 0 Å². The zero-order chi connectivity index (χ0) is 20.9. The molecule has 1 aliphatic rings. The standard InChI is InChI=1S/C20H25N3O4S2/c1-2-13-29(26,27)22-17-5-3-16(4-6-17)21-19(24)7-8-20(25)23-11-9-18-15(14-23)10-12-28-18/h3-6,10,12,22H,2,7-9,11,13-14H2,1H3,(H,21,24). The lowest BCUT2D eigenvalue weighted by atomic mass is 10.1. The van der Waals surface area contributed by atoms with E-state index >= 15 is 0 Å². The van der Waals surface area contributed by atoms with Gasteiger partial charge < -0.3 is 10.2 Å². The molecule has 0 fully saturated rings. The number of carbonyl (C=O) groups excluding carboxylic acids is 2. The third kappa shape index (κ3) is 6.04. The highest BCUT2D eigenvalue weighted by atomic mass is 32.2. The quantitative estimate of drug-likeness (QED) is 0.666. The van der Waals surface area contributed by atoms with Gasteiger partial charge in [0.05, 0.1) is 5.75 Å². The van der Waals surface area contributed by atoms with Gasteiger partial charge in [-0.05, 0) is 54.1 Å². The van der Waals surface area contributed by atoms with Crippen LogP contribution in [0.2, 0.25) is 0 Å². The Kier molecular flexibility index (Phi) is 6.92. The van der Waals surface area contributed by atoms with Crippen molar-refractivity contribution < 1.29 is 18.0 Å². The molecular formula is C20H25N3O4S2. The number of nitrogens with one attached hydrogen (secondary N) is 2. The topological polar surface area (TPSA) is 95.6 Å². The van der Waals surface area contributed by atoms with E-state index in [1.807, 2.05) is 5.38 Å². The molecule has 3 rings (SSSR count). The fraction of sp³-hybridized carbons (Fsp3) is 0.400. The summed E-state index contributed by atoms with van der Waals surface area (Å²) in [6.07, 6.45) is 1.68. The van der Waals surface area contributed by atoms with Crippen LogP contribution < -0.4 is 10.0 Å². The second kappa shape index (κ2) is 9.41. The molecule has 29 heavy (non-hydrogen) atoms. The average molecular weight is 436 g/mol. The number of hydrogen-bond acceptors (Lipinski definition) is 5. The summed E-state index contributed by atoms with van der Waals surface area (Å²) >= 11 is 1.72. The maximum atomic E-state index is 12.4. The number of amides is 2. The van der Waals surface area contributed by atoms with Crippen LogP contribution in [0.1, 0.15) is 36.6 Å². The summed E-state index contributed by atoms with van der Waals surface area (Å²) in [7, 11) is -3.34. The predicted molar refractivity (Wildman–Crippen MR) is 115 cm³/mol. The lowest BCUT2D eigenvalue weighted by Crippen LogP contribution is -2.35. The fourth-order valence-corrected chi connectivity index (χ4v) is 5.21. The van der Waals surface area contributed by atoms with E-state index in [4.69, 9.17) is 0 Å². The lowest BCUT2D eigenvalue weighted by molar-refractivity contribution is -0.133. The maximum Gasteiger partial charge on any atom is 0.232 e. The Hall–Kier alpha value is -2.39. The van der Waals surface area contributed by atoms with Gasteiger partial charge in [-0.15, -0.1) is 11.3 Å². The van der Waals surface area contributed by atoms with Gasteiger partial charge in [0.1, 0.15) is 0 Å². The SMILES string of the molecule is CCCS(=O)(=O)Nc1ccc(NC(=O)CCC(=O)N2CCc3sccc3C2)cc1. The Balaban J connectivity index is 1.45. The van der Waals surface area contributed by atoms with Crippen LogP contribution in [-0.4, -0.2) is 37.4 Å². The van der Waals surface area contributed by atoms with E-state index in [9.17, 15) is 18.0 Å². The van der Waals surface area contributed by atoms with E-state index in [0.717, 1.165) is 6.42 Å². The van der Waals surface area contributed by atoms with E-state index in [1.165, 1.54) is 10.4 Å². The summed E-state index contributed by atoms with van der Waals surface area (Å²) < 4.78 is 26.0. The fourth-order valence-electron chi connectivity index (χ4n) is 3.18. The summed E-state index contributed by atoms with van der Waals surface area (Å²) in [4.78, 5) is 27.7. The van der Waals surface area contributed by atoms with E-state index in [-0.39, 0.29) is 30.4 Å². The van der Waals surface area contributed by atoms with Crippen molar-refractivity contribution in [3.63, 3.8) is 0 Å². The minimum absolute atomic E-state index is 0.0160. The van der Waals surface area contributed by atoms with Crippen LogP contribution in [0, 0.1) is 0 Å². The summed E-state index contributed by atoms with van der Waals surface area (Å²) in [6, 6.07) is 8.51. The van der Waals surface area contributed by atoms with Gasteiger partial charge in [0.25, 0.3) is 0 Å². The molecule has 0 bridgehead atoms. The number of benzene rings is 1. The average Bonchev–Trinajstić information content (AvgIpc) is 3.15. The van der Waals surface area contributed by atoms with Crippen LogP contribution in [-0.2, 0) is 32.6 Å².